The average molecular weight is 543 g/mol. The SMILES string of the molecule is N#Cc1ccc(Cn2cncc2CCNC(=O)[C@@H]2CC(C(=O)NCC(=O)O)CN(CCc3ccccc3)C2)cc1. The number of likely N-dealkylation sites (tertiary alicyclic amines) is 1. The summed E-state index contributed by atoms with van der Waals surface area (Å²) >= 11 is 0. The number of nitriles is 1. The van der Waals surface area contributed by atoms with E-state index in [0.29, 0.717) is 51.1 Å². The fraction of sp³-hybridized carbons (Fsp3) is 0.367. The van der Waals surface area contributed by atoms with E-state index in [1.807, 2.05) is 34.9 Å². The molecule has 1 aliphatic rings. The van der Waals surface area contributed by atoms with Crippen molar-refractivity contribution in [2.45, 2.75) is 25.8 Å². The predicted octanol–water partition coefficient (Wildman–Crippen LogP) is 1.84. The smallest absolute Gasteiger partial charge is 0.322 e. The van der Waals surface area contributed by atoms with Crippen molar-refractivity contribution in [3.8, 4) is 6.07 Å². The topological polar surface area (TPSA) is 140 Å². The summed E-state index contributed by atoms with van der Waals surface area (Å²) < 4.78 is 2.02. The van der Waals surface area contributed by atoms with Crippen molar-refractivity contribution in [1.29, 1.82) is 5.26 Å². The first-order valence-electron chi connectivity index (χ1n) is 13.4. The number of amides is 2. The summed E-state index contributed by atoms with van der Waals surface area (Å²) in [6, 6.07) is 19.6. The van der Waals surface area contributed by atoms with E-state index in [0.717, 1.165) is 17.7 Å². The molecule has 0 bridgehead atoms. The van der Waals surface area contributed by atoms with Crippen LogP contribution in [0.4, 0.5) is 0 Å². The van der Waals surface area contributed by atoms with E-state index in [1.54, 1.807) is 24.7 Å². The normalized spacial score (nSPS) is 17.1. The molecule has 3 N–H and O–H groups in total. The van der Waals surface area contributed by atoms with Crippen LogP contribution in [-0.4, -0.2) is 70.1 Å². The summed E-state index contributed by atoms with van der Waals surface area (Å²) in [5, 5.41) is 23.5. The molecule has 1 fully saturated rings. The van der Waals surface area contributed by atoms with Crippen molar-refractivity contribution in [3.05, 3.63) is 89.5 Å². The zero-order valence-corrected chi connectivity index (χ0v) is 22.3. The zero-order valence-electron chi connectivity index (χ0n) is 22.3. The van der Waals surface area contributed by atoms with Gasteiger partial charge < -0.3 is 25.2 Å². The predicted molar refractivity (Wildman–Crippen MR) is 148 cm³/mol. The fourth-order valence-electron chi connectivity index (χ4n) is 5.03. The van der Waals surface area contributed by atoms with Gasteiger partial charge in [-0.1, -0.05) is 42.5 Å². The van der Waals surface area contributed by atoms with Crippen LogP contribution >= 0.6 is 0 Å². The third-order valence-corrected chi connectivity index (χ3v) is 7.16. The van der Waals surface area contributed by atoms with E-state index in [9.17, 15) is 14.4 Å². The Morgan fingerprint density at radius 2 is 1.65 bits per heavy atom. The second-order valence-electron chi connectivity index (χ2n) is 10.1. The Hall–Kier alpha value is -4.49. The summed E-state index contributed by atoms with van der Waals surface area (Å²) in [6.45, 7) is 2.32. The first-order valence-corrected chi connectivity index (χ1v) is 13.4. The number of hydrogen-bond acceptors (Lipinski definition) is 6. The minimum atomic E-state index is -1.10. The van der Waals surface area contributed by atoms with Crippen molar-refractivity contribution < 1.29 is 19.5 Å². The van der Waals surface area contributed by atoms with E-state index < -0.39 is 18.4 Å². The van der Waals surface area contributed by atoms with Crippen molar-refractivity contribution >= 4 is 17.8 Å². The van der Waals surface area contributed by atoms with Crippen molar-refractivity contribution in [1.82, 2.24) is 25.1 Å². The molecule has 2 amide bonds. The molecule has 40 heavy (non-hydrogen) atoms. The molecule has 2 heterocycles. The van der Waals surface area contributed by atoms with Gasteiger partial charge in [0.25, 0.3) is 0 Å². The number of aromatic nitrogens is 2. The summed E-state index contributed by atoms with van der Waals surface area (Å²) in [5.41, 5.74) is 3.81. The van der Waals surface area contributed by atoms with E-state index >= 15 is 0 Å². The Labute approximate surface area is 233 Å². The number of aliphatic carboxylic acids is 1. The molecule has 4 rings (SSSR count). The standard InChI is InChI=1S/C30H34N6O4/c31-15-23-6-8-24(9-7-23)18-36-21-32-16-27(36)10-12-33-29(39)25-14-26(30(40)34-17-28(37)38)20-35(19-25)13-11-22-4-2-1-3-5-22/h1-9,16,21,25-26H,10-14,17-20H2,(H,33,39)(H,34,40)(H,37,38)/t25-,26?/m1/s1. The molecule has 2 atom stereocenters. The highest BCUT2D eigenvalue weighted by molar-refractivity contribution is 5.85. The number of hydrogen-bond donors (Lipinski definition) is 3. The molecular formula is C30H34N6O4. The fourth-order valence-corrected chi connectivity index (χ4v) is 5.03. The van der Waals surface area contributed by atoms with Crippen LogP contribution in [0, 0.1) is 23.2 Å². The second-order valence-corrected chi connectivity index (χ2v) is 10.1. The summed E-state index contributed by atoms with van der Waals surface area (Å²) in [6.07, 6.45) is 5.29. The number of carbonyl (C=O) groups is 3. The van der Waals surface area contributed by atoms with Crippen LogP contribution in [0.25, 0.3) is 0 Å². The van der Waals surface area contributed by atoms with Crippen LogP contribution in [0.1, 0.15) is 28.8 Å². The maximum absolute atomic E-state index is 13.2. The number of imidazole rings is 1. The molecule has 0 aliphatic carbocycles. The third kappa shape index (κ3) is 8.25. The average Bonchev–Trinajstić information content (AvgIpc) is 3.42. The molecule has 1 saturated heterocycles. The summed E-state index contributed by atoms with van der Waals surface area (Å²) in [4.78, 5) is 43.3. The number of benzene rings is 2. The summed E-state index contributed by atoms with van der Waals surface area (Å²) in [5.74, 6) is -2.39. The molecule has 0 saturated carbocycles. The number of nitrogens with zero attached hydrogens (tertiary/aromatic N) is 4. The van der Waals surface area contributed by atoms with Crippen molar-refractivity contribution in [2.75, 3.05) is 32.7 Å². The molecule has 2 aromatic carbocycles. The van der Waals surface area contributed by atoms with E-state index in [2.05, 4.69) is 38.7 Å². The molecule has 0 spiro atoms. The van der Waals surface area contributed by atoms with Gasteiger partial charge in [-0.15, -0.1) is 0 Å². The van der Waals surface area contributed by atoms with Gasteiger partial charge in [0.1, 0.15) is 6.54 Å². The molecule has 1 unspecified atom stereocenters. The second kappa shape index (κ2) is 14.1. The zero-order chi connectivity index (χ0) is 28.3. The molecule has 0 radical (unpaired) electrons. The van der Waals surface area contributed by atoms with Gasteiger partial charge in [-0.2, -0.15) is 5.26 Å². The Kier molecular flexibility index (Phi) is 10.0. The first kappa shape index (κ1) is 28.5. The molecule has 208 valence electrons. The lowest BCUT2D eigenvalue weighted by atomic mass is 9.87. The van der Waals surface area contributed by atoms with Gasteiger partial charge in [-0.25, -0.2) is 4.98 Å². The maximum atomic E-state index is 13.2. The van der Waals surface area contributed by atoms with Crippen LogP contribution in [0.2, 0.25) is 0 Å². The van der Waals surface area contributed by atoms with Gasteiger partial charge in [0.2, 0.25) is 11.8 Å². The lowest BCUT2D eigenvalue weighted by molar-refractivity contribution is -0.139. The van der Waals surface area contributed by atoms with Gasteiger partial charge in [0.15, 0.2) is 0 Å². The summed E-state index contributed by atoms with van der Waals surface area (Å²) in [7, 11) is 0. The Morgan fingerprint density at radius 3 is 2.33 bits per heavy atom. The van der Waals surface area contributed by atoms with Gasteiger partial charge in [0, 0.05) is 51.0 Å². The maximum Gasteiger partial charge on any atom is 0.322 e. The highest BCUT2D eigenvalue weighted by Crippen LogP contribution is 2.23. The third-order valence-electron chi connectivity index (χ3n) is 7.16. The number of carbonyl (C=O) groups excluding carboxylic acids is 2. The Balaban J connectivity index is 1.33. The van der Waals surface area contributed by atoms with Gasteiger partial charge >= 0.3 is 5.97 Å². The van der Waals surface area contributed by atoms with Crippen LogP contribution in [0.3, 0.4) is 0 Å². The monoisotopic (exact) mass is 542 g/mol. The largest absolute Gasteiger partial charge is 0.480 e. The van der Waals surface area contributed by atoms with Crippen LogP contribution in [0.15, 0.2) is 67.1 Å². The highest BCUT2D eigenvalue weighted by atomic mass is 16.4. The van der Waals surface area contributed by atoms with Crippen molar-refractivity contribution in [2.24, 2.45) is 11.8 Å². The minimum absolute atomic E-state index is 0.112. The van der Waals surface area contributed by atoms with Gasteiger partial charge in [0.05, 0.1) is 29.8 Å². The number of piperidine rings is 1. The van der Waals surface area contributed by atoms with Gasteiger partial charge in [-0.3, -0.25) is 14.4 Å². The molecule has 10 nitrogen and oxygen atoms in total. The lowest BCUT2D eigenvalue weighted by Gasteiger charge is -2.36. The van der Waals surface area contributed by atoms with Crippen molar-refractivity contribution in [3.63, 3.8) is 0 Å². The van der Waals surface area contributed by atoms with Crippen LogP contribution in [-0.2, 0) is 33.8 Å². The molecular weight excluding hydrogens is 508 g/mol. The number of carboxylic acid groups (broad SMARTS) is 1. The number of nitrogens with one attached hydrogen (secondary N) is 2. The van der Waals surface area contributed by atoms with Crippen LogP contribution in [0.5, 0.6) is 0 Å². The first-order chi connectivity index (χ1) is 19.4. The molecule has 3 aromatic rings. The Bertz CT molecular complexity index is 1330. The number of carboxylic acids is 1. The van der Waals surface area contributed by atoms with Crippen LogP contribution < -0.4 is 10.6 Å². The van der Waals surface area contributed by atoms with E-state index in [4.69, 9.17) is 10.4 Å². The molecule has 1 aliphatic heterocycles. The minimum Gasteiger partial charge on any atom is -0.480 e. The Morgan fingerprint density at radius 1 is 0.950 bits per heavy atom. The van der Waals surface area contributed by atoms with Gasteiger partial charge in [-0.05, 0) is 36.1 Å². The number of rotatable bonds is 12. The van der Waals surface area contributed by atoms with E-state index in [1.165, 1.54) is 5.56 Å². The highest BCUT2D eigenvalue weighted by Gasteiger charge is 2.35. The van der Waals surface area contributed by atoms with E-state index in [-0.39, 0.29) is 17.7 Å². The molecule has 10 heteroatoms. The molecule has 1 aromatic heterocycles. The quantitative estimate of drug-likeness (QED) is 0.317. The lowest BCUT2D eigenvalue weighted by Crippen LogP contribution is -2.51.